The summed E-state index contributed by atoms with van der Waals surface area (Å²) in [5.41, 5.74) is 3.53. The second-order valence-electron chi connectivity index (χ2n) is 5.75. The molecule has 5 heteroatoms. The molecule has 1 aliphatic rings. The van der Waals surface area contributed by atoms with Gasteiger partial charge >= 0.3 is 0 Å². The molecule has 112 valence electrons. The number of pyridine rings is 1. The molecule has 0 N–H and O–H groups in total. The Hall–Kier alpha value is -1.94. The van der Waals surface area contributed by atoms with E-state index in [1.807, 2.05) is 12.1 Å². The van der Waals surface area contributed by atoms with E-state index in [1.54, 1.807) is 23.0 Å². The Bertz CT molecular complexity index is 837. The van der Waals surface area contributed by atoms with Crippen LogP contribution < -0.4 is 0 Å². The number of hydrogen-bond acceptors (Lipinski definition) is 2. The first-order chi connectivity index (χ1) is 10.7. The Morgan fingerprint density at radius 3 is 2.77 bits per heavy atom. The van der Waals surface area contributed by atoms with Crippen LogP contribution >= 0.6 is 11.6 Å². The van der Waals surface area contributed by atoms with Crippen molar-refractivity contribution >= 4 is 22.6 Å². The second-order valence-corrected chi connectivity index (χ2v) is 6.16. The molecule has 3 nitrogen and oxygen atoms in total. The summed E-state index contributed by atoms with van der Waals surface area (Å²) in [7, 11) is 0. The zero-order chi connectivity index (χ0) is 15.1. The minimum Gasteiger partial charge on any atom is -0.253 e. The summed E-state index contributed by atoms with van der Waals surface area (Å²) >= 11 is 5.78. The lowest BCUT2D eigenvalue weighted by Gasteiger charge is -2.05. The summed E-state index contributed by atoms with van der Waals surface area (Å²) in [4.78, 5) is 4.51. The first-order valence-electron chi connectivity index (χ1n) is 7.53. The van der Waals surface area contributed by atoms with Crippen LogP contribution in [0.2, 0.25) is 5.02 Å². The standard InChI is InChI=1S/C17H15ClFN3/c18-13-8-7-12(10-14(13)19)22-15-6-3-9-20-17(15)16(21-22)11-4-1-2-5-11/h3,6-11H,1-2,4-5H2. The van der Waals surface area contributed by atoms with Crippen LogP contribution in [0.25, 0.3) is 16.7 Å². The van der Waals surface area contributed by atoms with Crippen molar-refractivity contribution in [1.29, 1.82) is 0 Å². The van der Waals surface area contributed by atoms with Gasteiger partial charge in [0.15, 0.2) is 0 Å². The number of rotatable bonds is 2. The van der Waals surface area contributed by atoms with Crippen molar-refractivity contribution in [1.82, 2.24) is 14.8 Å². The summed E-state index contributed by atoms with van der Waals surface area (Å²) in [6, 6.07) is 8.61. The van der Waals surface area contributed by atoms with Gasteiger partial charge in [-0.25, -0.2) is 9.07 Å². The Labute approximate surface area is 132 Å². The molecule has 3 aromatic rings. The molecule has 0 saturated heterocycles. The molecule has 0 amide bonds. The molecule has 0 radical (unpaired) electrons. The molecule has 22 heavy (non-hydrogen) atoms. The van der Waals surface area contributed by atoms with E-state index in [1.165, 1.54) is 18.9 Å². The first-order valence-corrected chi connectivity index (χ1v) is 7.91. The highest BCUT2D eigenvalue weighted by Gasteiger charge is 2.24. The van der Waals surface area contributed by atoms with Crippen LogP contribution in [0.5, 0.6) is 0 Å². The van der Waals surface area contributed by atoms with Gasteiger partial charge in [-0.3, -0.25) is 4.98 Å². The van der Waals surface area contributed by atoms with Gasteiger partial charge in [-0.2, -0.15) is 5.10 Å². The highest BCUT2D eigenvalue weighted by Crippen LogP contribution is 2.37. The van der Waals surface area contributed by atoms with Gasteiger partial charge in [0.25, 0.3) is 0 Å². The zero-order valence-corrected chi connectivity index (χ0v) is 12.7. The van der Waals surface area contributed by atoms with Gasteiger partial charge in [0.1, 0.15) is 11.3 Å². The quantitative estimate of drug-likeness (QED) is 0.675. The van der Waals surface area contributed by atoms with Gasteiger partial charge in [0, 0.05) is 18.2 Å². The van der Waals surface area contributed by atoms with E-state index in [4.69, 9.17) is 16.7 Å². The summed E-state index contributed by atoms with van der Waals surface area (Å²) < 4.78 is 15.6. The number of hydrogen-bond donors (Lipinski definition) is 0. The summed E-state index contributed by atoms with van der Waals surface area (Å²) in [6.45, 7) is 0. The SMILES string of the molecule is Fc1cc(-n2nc(C3CCCC3)c3ncccc32)ccc1Cl. The molecule has 1 aromatic carbocycles. The fraction of sp³-hybridized carbons (Fsp3) is 0.294. The van der Waals surface area contributed by atoms with Crippen molar-refractivity contribution < 1.29 is 4.39 Å². The highest BCUT2D eigenvalue weighted by molar-refractivity contribution is 6.30. The molecule has 2 aromatic heterocycles. The monoisotopic (exact) mass is 315 g/mol. The number of fused-ring (bicyclic) bond motifs is 1. The van der Waals surface area contributed by atoms with E-state index < -0.39 is 5.82 Å². The second kappa shape index (κ2) is 5.36. The van der Waals surface area contributed by atoms with Crippen molar-refractivity contribution in [2.45, 2.75) is 31.6 Å². The minimum atomic E-state index is -0.436. The third kappa shape index (κ3) is 2.18. The molecule has 1 fully saturated rings. The van der Waals surface area contributed by atoms with E-state index in [9.17, 15) is 4.39 Å². The zero-order valence-electron chi connectivity index (χ0n) is 12.0. The molecule has 0 aliphatic heterocycles. The average Bonchev–Trinajstić information content (AvgIpc) is 3.17. The van der Waals surface area contributed by atoms with Gasteiger partial charge in [0.05, 0.1) is 21.9 Å². The lowest BCUT2D eigenvalue weighted by Crippen LogP contribution is -2.00. The highest BCUT2D eigenvalue weighted by atomic mass is 35.5. The van der Waals surface area contributed by atoms with E-state index in [0.717, 1.165) is 29.6 Å². The molecule has 4 rings (SSSR count). The van der Waals surface area contributed by atoms with Crippen molar-refractivity contribution in [3.63, 3.8) is 0 Å². The average molecular weight is 316 g/mol. The van der Waals surface area contributed by atoms with Crippen LogP contribution in [0.1, 0.15) is 37.3 Å². The normalized spacial score (nSPS) is 15.7. The molecule has 2 heterocycles. The van der Waals surface area contributed by atoms with Gasteiger partial charge in [-0.05, 0) is 37.1 Å². The molecule has 1 saturated carbocycles. The van der Waals surface area contributed by atoms with Gasteiger partial charge in [0.2, 0.25) is 0 Å². The van der Waals surface area contributed by atoms with Crippen LogP contribution in [-0.2, 0) is 0 Å². The van der Waals surface area contributed by atoms with Crippen LogP contribution in [0.15, 0.2) is 36.5 Å². The summed E-state index contributed by atoms with van der Waals surface area (Å²) in [5.74, 6) is 0.0184. The van der Waals surface area contributed by atoms with Crippen molar-refractivity contribution in [2.75, 3.05) is 0 Å². The topological polar surface area (TPSA) is 30.7 Å². The van der Waals surface area contributed by atoms with Crippen LogP contribution in [0, 0.1) is 5.82 Å². The number of benzene rings is 1. The lowest BCUT2D eigenvalue weighted by molar-refractivity contribution is 0.625. The van der Waals surface area contributed by atoms with Crippen LogP contribution in [0.3, 0.4) is 0 Å². The Balaban J connectivity index is 1.92. The number of halogens is 2. The Kier molecular flexibility index (Phi) is 3.34. The van der Waals surface area contributed by atoms with Crippen molar-refractivity contribution in [2.24, 2.45) is 0 Å². The Morgan fingerprint density at radius 1 is 1.18 bits per heavy atom. The number of aromatic nitrogens is 3. The van der Waals surface area contributed by atoms with E-state index in [2.05, 4.69) is 4.98 Å². The largest absolute Gasteiger partial charge is 0.253 e. The van der Waals surface area contributed by atoms with Gasteiger partial charge in [-0.15, -0.1) is 0 Å². The van der Waals surface area contributed by atoms with E-state index in [0.29, 0.717) is 11.6 Å². The smallest absolute Gasteiger partial charge is 0.143 e. The fourth-order valence-electron chi connectivity index (χ4n) is 3.26. The van der Waals surface area contributed by atoms with Gasteiger partial charge in [-0.1, -0.05) is 24.4 Å². The van der Waals surface area contributed by atoms with Crippen molar-refractivity contribution in [3.05, 3.63) is 53.1 Å². The number of nitrogens with zero attached hydrogens (tertiary/aromatic N) is 3. The molecule has 1 aliphatic carbocycles. The Morgan fingerprint density at radius 2 is 2.00 bits per heavy atom. The minimum absolute atomic E-state index is 0.120. The van der Waals surface area contributed by atoms with E-state index in [-0.39, 0.29) is 5.02 Å². The third-order valence-electron chi connectivity index (χ3n) is 4.35. The predicted molar refractivity (Wildman–Crippen MR) is 85.0 cm³/mol. The maximum atomic E-state index is 13.8. The molecule has 0 atom stereocenters. The molecule has 0 bridgehead atoms. The lowest BCUT2D eigenvalue weighted by atomic mass is 10.0. The van der Waals surface area contributed by atoms with Gasteiger partial charge < -0.3 is 0 Å². The maximum Gasteiger partial charge on any atom is 0.143 e. The maximum absolute atomic E-state index is 13.8. The van der Waals surface area contributed by atoms with Crippen LogP contribution in [0.4, 0.5) is 4.39 Å². The van der Waals surface area contributed by atoms with Crippen molar-refractivity contribution in [3.8, 4) is 5.69 Å². The molecular weight excluding hydrogens is 301 g/mol. The molecular formula is C17H15ClFN3. The first kappa shape index (κ1) is 13.7. The fourth-order valence-corrected chi connectivity index (χ4v) is 3.38. The molecule has 0 spiro atoms. The van der Waals surface area contributed by atoms with Crippen LogP contribution in [-0.4, -0.2) is 14.8 Å². The summed E-state index contributed by atoms with van der Waals surface area (Å²) in [6.07, 6.45) is 6.56. The van der Waals surface area contributed by atoms with E-state index >= 15 is 0 Å². The molecule has 0 unspecified atom stereocenters. The summed E-state index contributed by atoms with van der Waals surface area (Å²) in [5, 5.41) is 4.88. The predicted octanol–water partition coefficient (Wildman–Crippen LogP) is 4.87. The third-order valence-corrected chi connectivity index (χ3v) is 4.66.